The molecular weight excluding hydrogens is 200 g/mol. The van der Waals surface area contributed by atoms with Crippen LogP contribution in [0.15, 0.2) is 0 Å². The minimum Gasteiger partial charge on any atom is -0.285 e. The summed E-state index contributed by atoms with van der Waals surface area (Å²) in [5, 5.41) is 0. The molecule has 0 heterocycles. The van der Waals surface area contributed by atoms with E-state index < -0.39 is 14.9 Å². The van der Waals surface area contributed by atoms with Crippen molar-refractivity contribution in [1.82, 2.24) is 0 Å². The van der Waals surface area contributed by atoms with Gasteiger partial charge in [-0.15, -0.1) is 0 Å². The van der Waals surface area contributed by atoms with Gasteiger partial charge in [0.1, 0.15) is 0 Å². The highest BCUT2D eigenvalue weighted by Gasteiger charge is 2.50. The predicted octanol–water partition coefficient (Wildman–Crippen LogP) is 2.23. The van der Waals surface area contributed by atoms with Crippen molar-refractivity contribution in [2.24, 2.45) is 11.8 Å². The van der Waals surface area contributed by atoms with Gasteiger partial charge in [-0.1, -0.05) is 19.8 Å². The SMILES string of the molecule is CC1CC2CCCC(S(=O)(=O)O)(C1)C2. The molecule has 0 aromatic rings. The van der Waals surface area contributed by atoms with Crippen molar-refractivity contribution in [3.63, 3.8) is 0 Å². The molecular formula is C10H18O3S. The van der Waals surface area contributed by atoms with Gasteiger partial charge in [0.15, 0.2) is 0 Å². The van der Waals surface area contributed by atoms with Gasteiger partial charge in [0.25, 0.3) is 10.1 Å². The Morgan fingerprint density at radius 2 is 2.07 bits per heavy atom. The molecule has 0 radical (unpaired) electrons. The number of hydrogen-bond donors (Lipinski definition) is 1. The molecule has 82 valence electrons. The lowest BCUT2D eigenvalue weighted by molar-refractivity contribution is 0.155. The Morgan fingerprint density at radius 3 is 2.71 bits per heavy atom. The lowest BCUT2D eigenvalue weighted by atomic mass is 9.68. The summed E-state index contributed by atoms with van der Waals surface area (Å²) in [6.07, 6.45) is 5.24. The zero-order valence-electron chi connectivity index (χ0n) is 8.57. The second-order valence-corrected chi connectivity index (χ2v) is 6.98. The molecule has 2 fully saturated rings. The highest BCUT2D eigenvalue weighted by atomic mass is 32.2. The first kappa shape index (κ1) is 10.4. The van der Waals surface area contributed by atoms with Crippen molar-refractivity contribution in [2.75, 3.05) is 0 Å². The standard InChI is InChI=1S/C10H18O3S/c1-8-5-9-3-2-4-10(6-8,7-9)14(11,12)13/h8-9H,2-7H2,1H3,(H,11,12,13). The van der Waals surface area contributed by atoms with Gasteiger partial charge >= 0.3 is 0 Å². The van der Waals surface area contributed by atoms with Crippen LogP contribution in [0, 0.1) is 11.8 Å². The summed E-state index contributed by atoms with van der Waals surface area (Å²) in [5.74, 6) is 0.963. The zero-order chi connectivity index (χ0) is 10.4. The van der Waals surface area contributed by atoms with Crippen molar-refractivity contribution in [2.45, 2.75) is 50.2 Å². The highest BCUT2D eigenvalue weighted by Crippen LogP contribution is 2.48. The Labute approximate surface area is 85.6 Å². The van der Waals surface area contributed by atoms with Crippen LogP contribution >= 0.6 is 0 Å². The van der Waals surface area contributed by atoms with Gasteiger partial charge in [-0.05, 0) is 37.5 Å². The van der Waals surface area contributed by atoms with Crippen LogP contribution in [0.4, 0.5) is 0 Å². The first-order valence-corrected chi connectivity index (χ1v) is 6.84. The molecule has 1 N–H and O–H groups in total. The molecule has 0 saturated heterocycles. The molecule has 4 heteroatoms. The first-order valence-electron chi connectivity index (χ1n) is 5.40. The van der Waals surface area contributed by atoms with E-state index in [0.29, 0.717) is 31.1 Å². The van der Waals surface area contributed by atoms with E-state index in [9.17, 15) is 13.0 Å². The van der Waals surface area contributed by atoms with Crippen LogP contribution in [-0.2, 0) is 10.1 Å². The molecule has 2 aliphatic rings. The fraction of sp³-hybridized carbons (Fsp3) is 1.00. The van der Waals surface area contributed by atoms with E-state index in [1.54, 1.807) is 0 Å². The largest absolute Gasteiger partial charge is 0.285 e. The third kappa shape index (κ3) is 1.58. The Bertz CT molecular complexity index is 318. The average molecular weight is 218 g/mol. The van der Waals surface area contributed by atoms with Crippen LogP contribution in [0.2, 0.25) is 0 Å². The van der Waals surface area contributed by atoms with E-state index in [4.69, 9.17) is 0 Å². The summed E-state index contributed by atoms with van der Waals surface area (Å²) in [6.45, 7) is 2.09. The van der Waals surface area contributed by atoms with E-state index in [-0.39, 0.29) is 0 Å². The molecule has 2 saturated carbocycles. The molecule has 14 heavy (non-hydrogen) atoms. The van der Waals surface area contributed by atoms with Crippen molar-refractivity contribution >= 4 is 10.1 Å². The quantitative estimate of drug-likeness (QED) is 0.687. The molecule has 2 rings (SSSR count). The van der Waals surface area contributed by atoms with Crippen molar-refractivity contribution in [1.29, 1.82) is 0 Å². The molecule has 0 aromatic carbocycles. The summed E-state index contributed by atoms with van der Waals surface area (Å²) in [4.78, 5) is 0. The van der Waals surface area contributed by atoms with Crippen LogP contribution < -0.4 is 0 Å². The van der Waals surface area contributed by atoms with Crippen molar-refractivity contribution in [3.8, 4) is 0 Å². The minimum absolute atomic E-state index is 0.441. The minimum atomic E-state index is -3.85. The normalized spacial score (nSPS) is 43.6. The average Bonchev–Trinajstić information content (AvgIpc) is 2.00. The summed E-state index contributed by atoms with van der Waals surface area (Å²) in [7, 11) is -3.85. The molecule has 3 nitrogen and oxygen atoms in total. The lowest BCUT2D eigenvalue weighted by Gasteiger charge is -2.45. The van der Waals surface area contributed by atoms with Gasteiger partial charge in [0.05, 0.1) is 4.75 Å². The van der Waals surface area contributed by atoms with Crippen molar-refractivity contribution < 1.29 is 13.0 Å². The second-order valence-electron chi connectivity index (χ2n) is 5.17. The molecule has 0 spiro atoms. The number of rotatable bonds is 1. The van der Waals surface area contributed by atoms with Crippen molar-refractivity contribution in [3.05, 3.63) is 0 Å². The predicted molar refractivity (Wildman–Crippen MR) is 54.6 cm³/mol. The number of hydrogen-bond acceptors (Lipinski definition) is 2. The maximum atomic E-state index is 11.4. The third-order valence-corrected chi connectivity index (χ3v) is 5.54. The maximum Gasteiger partial charge on any atom is 0.270 e. The zero-order valence-corrected chi connectivity index (χ0v) is 9.39. The fourth-order valence-electron chi connectivity index (χ4n) is 3.46. The topological polar surface area (TPSA) is 54.4 Å². The maximum absolute atomic E-state index is 11.4. The van der Waals surface area contributed by atoms with Gasteiger partial charge in [-0.3, -0.25) is 4.55 Å². The summed E-state index contributed by atoms with van der Waals surface area (Å²) >= 11 is 0. The highest BCUT2D eigenvalue weighted by molar-refractivity contribution is 7.87. The Morgan fingerprint density at radius 1 is 1.36 bits per heavy atom. The second kappa shape index (κ2) is 3.20. The van der Waals surface area contributed by atoms with Crippen LogP contribution in [0.5, 0.6) is 0 Å². The van der Waals surface area contributed by atoms with Gasteiger partial charge < -0.3 is 0 Å². The van der Waals surface area contributed by atoms with Crippen LogP contribution in [0.1, 0.15) is 45.4 Å². The smallest absolute Gasteiger partial charge is 0.270 e. The molecule has 2 aliphatic carbocycles. The van der Waals surface area contributed by atoms with Crippen LogP contribution in [-0.4, -0.2) is 17.7 Å². The molecule has 3 atom stereocenters. The van der Waals surface area contributed by atoms with E-state index in [2.05, 4.69) is 6.92 Å². The van der Waals surface area contributed by atoms with Gasteiger partial charge in [0, 0.05) is 0 Å². The molecule has 0 amide bonds. The molecule has 2 bridgehead atoms. The van der Waals surface area contributed by atoms with Gasteiger partial charge in [0.2, 0.25) is 0 Å². The Kier molecular flexibility index (Phi) is 2.39. The first-order chi connectivity index (χ1) is 6.43. The summed E-state index contributed by atoms with van der Waals surface area (Å²) in [6, 6.07) is 0. The van der Waals surface area contributed by atoms with Gasteiger partial charge in [-0.2, -0.15) is 8.42 Å². The Balaban J connectivity index is 2.32. The van der Waals surface area contributed by atoms with Gasteiger partial charge in [-0.25, -0.2) is 0 Å². The third-order valence-electron chi connectivity index (χ3n) is 3.91. The van der Waals surface area contributed by atoms with Crippen LogP contribution in [0.3, 0.4) is 0 Å². The molecule has 0 aliphatic heterocycles. The molecule has 3 unspecified atom stereocenters. The molecule has 0 aromatic heterocycles. The van der Waals surface area contributed by atoms with E-state index in [1.165, 1.54) is 0 Å². The lowest BCUT2D eigenvalue weighted by Crippen LogP contribution is -2.47. The summed E-state index contributed by atoms with van der Waals surface area (Å²) in [5.41, 5.74) is 0. The number of fused-ring (bicyclic) bond motifs is 2. The van der Waals surface area contributed by atoms with E-state index >= 15 is 0 Å². The van der Waals surface area contributed by atoms with E-state index in [0.717, 1.165) is 19.3 Å². The van der Waals surface area contributed by atoms with Crippen LogP contribution in [0.25, 0.3) is 0 Å². The Hall–Kier alpha value is -0.0900. The monoisotopic (exact) mass is 218 g/mol. The van der Waals surface area contributed by atoms with E-state index in [1.807, 2.05) is 0 Å². The fourth-order valence-corrected chi connectivity index (χ4v) is 4.80. The summed E-state index contributed by atoms with van der Waals surface area (Å²) < 4.78 is 31.4.